The molecular formula is C23H26N4O2. The molecule has 0 aromatic heterocycles. The van der Waals surface area contributed by atoms with Crippen molar-refractivity contribution in [3.8, 4) is 16.9 Å². The maximum Gasteiger partial charge on any atom is 0.225 e. The molecule has 2 aliphatic heterocycles. The molecule has 0 radical (unpaired) electrons. The molecule has 0 unspecified atom stereocenters. The zero-order chi connectivity index (χ0) is 19.8. The third kappa shape index (κ3) is 3.67. The summed E-state index contributed by atoms with van der Waals surface area (Å²) in [5.41, 5.74) is 6.59. The van der Waals surface area contributed by atoms with Gasteiger partial charge in [0.05, 0.1) is 7.11 Å². The van der Waals surface area contributed by atoms with Crippen LogP contribution >= 0.6 is 0 Å². The molecule has 5 rings (SSSR count). The average molecular weight is 390 g/mol. The highest BCUT2D eigenvalue weighted by Crippen LogP contribution is 2.34. The Morgan fingerprint density at radius 3 is 2.34 bits per heavy atom. The molecule has 0 atom stereocenters. The van der Waals surface area contributed by atoms with Crippen molar-refractivity contribution >= 4 is 17.4 Å². The topological polar surface area (TPSA) is 57.2 Å². The maximum atomic E-state index is 12.1. The van der Waals surface area contributed by atoms with E-state index in [1.165, 1.54) is 11.1 Å². The quantitative estimate of drug-likeness (QED) is 0.822. The van der Waals surface area contributed by atoms with Gasteiger partial charge in [0.25, 0.3) is 0 Å². The number of nitrogens with zero attached hydrogens (tertiary/aromatic N) is 3. The standard InChI is InChI=1S/C23H26N4O2/c1-29-21-10-6-18(7-11-21)17-4-8-20(9-5-17)27-15-24-25-22(27)12-16-13-26(14-16)23(28)19-2-3-19/h4-11,16,19,24H,2-3,12-15H2,1H3. The first-order chi connectivity index (χ1) is 14.2. The zero-order valence-electron chi connectivity index (χ0n) is 16.7. The second-order valence-corrected chi connectivity index (χ2v) is 8.14. The fraction of sp³-hybridized carbons (Fsp3) is 0.391. The van der Waals surface area contributed by atoms with Gasteiger partial charge in [0.2, 0.25) is 5.91 Å². The summed E-state index contributed by atoms with van der Waals surface area (Å²) >= 11 is 0. The number of anilines is 1. The highest BCUT2D eigenvalue weighted by atomic mass is 16.5. The van der Waals surface area contributed by atoms with Crippen LogP contribution in [0.15, 0.2) is 53.6 Å². The average Bonchev–Trinajstić information content (AvgIpc) is 3.49. The summed E-state index contributed by atoms with van der Waals surface area (Å²) in [6.45, 7) is 2.44. The van der Waals surface area contributed by atoms with Gasteiger partial charge in [-0.2, -0.15) is 5.10 Å². The maximum absolute atomic E-state index is 12.1. The second-order valence-electron chi connectivity index (χ2n) is 8.14. The van der Waals surface area contributed by atoms with Crippen LogP contribution in [-0.4, -0.2) is 43.5 Å². The van der Waals surface area contributed by atoms with E-state index in [4.69, 9.17) is 4.74 Å². The molecule has 1 N–H and O–H groups in total. The Hall–Kier alpha value is -3.02. The lowest BCUT2D eigenvalue weighted by molar-refractivity contribution is -0.138. The van der Waals surface area contributed by atoms with Gasteiger partial charge >= 0.3 is 0 Å². The number of ether oxygens (including phenoxy) is 1. The van der Waals surface area contributed by atoms with Crippen LogP contribution in [0.4, 0.5) is 5.69 Å². The zero-order valence-corrected chi connectivity index (χ0v) is 16.7. The Morgan fingerprint density at radius 2 is 1.72 bits per heavy atom. The summed E-state index contributed by atoms with van der Waals surface area (Å²) in [6, 6.07) is 16.7. The molecule has 1 amide bonds. The van der Waals surface area contributed by atoms with E-state index in [1.807, 2.05) is 17.0 Å². The van der Waals surface area contributed by atoms with E-state index in [0.717, 1.165) is 49.6 Å². The number of amides is 1. The molecule has 0 bridgehead atoms. The number of carbonyl (C=O) groups excluding carboxylic acids is 1. The lowest BCUT2D eigenvalue weighted by Crippen LogP contribution is -2.51. The minimum absolute atomic E-state index is 0.321. The first kappa shape index (κ1) is 18.0. The predicted octanol–water partition coefficient (Wildman–Crippen LogP) is 3.30. The van der Waals surface area contributed by atoms with Crippen molar-refractivity contribution in [1.29, 1.82) is 0 Å². The molecule has 150 valence electrons. The van der Waals surface area contributed by atoms with Gasteiger partial charge in [0, 0.05) is 37.0 Å². The molecular weight excluding hydrogens is 364 g/mol. The van der Waals surface area contributed by atoms with Crippen molar-refractivity contribution in [3.63, 3.8) is 0 Å². The summed E-state index contributed by atoms with van der Waals surface area (Å²) in [5.74, 6) is 3.12. The van der Waals surface area contributed by atoms with Crippen molar-refractivity contribution < 1.29 is 9.53 Å². The number of hydrazone groups is 1. The molecule has 2 fully saturated rings. The van der Waals surface area contributed by atoms with Crippen molar-refractivity contribution in [2.24, 2.45) is 16.9 Å². The summed E-state index contributed by atoms with van der Waals surface area (Å²) in [4.78, 5) is 16.3. The van der Waals surface area contributed by atoms with Crippen molar-refractivity contribution in [3.05, 3.63) is 48.5 Å². The molecule has 1 saturated heterocycles. The molecule has 2 aromatic rings. The van der Waals surface area contributed by atoms with Gasteiger partial charge in [-0.15, -0.1) is 0 Å². The van der Waals surface area contributed by atoms with Gasteiger partial charge in [-0.1, -0.05) is 24.3 Å². The van der Waals surface area contributed by atoms with Crippen LogP contribution < -0.4 is 15.1 Å². The normalized spacial score (nSPS) is 18.9. The van der Waals surface area contributed by atoms with E-state index < -0.39 is 0 Å². The lowest BCUT2D eigenvalue weighted by Gasteiger charge is -2.40. The van der Waals surface area contributed by atoms with E-state index in [2.05, 4.69) is 51.8 Å². The highest BCUT2D eigenvalue weighted by Gasteiger charge is 2.40. The fourth-order valence-electron chi connectivity index (χ4n) is 4.09. The Labute approximate surface area is 171 Å². The van der Waals surface area contributed by atoms with Crippen LogP contribution in [0.3, 0.4) is 0 Å². The third-order valence-corrected chi connectivity index (χ3v) is 6.02. The van der Waals surface area contributed by atoms with Crippen LogP contribution in [0.2, 0.25) is 0 Å². The first-order valence-corrected chi connectivity index (χ1v) is 10.3. The lowest BCUT2D eigenvalue weighted by atomic mass is 9.94. The second kappa shape index (κ2) is 7.43. The molecule has 6 nitrogen and oxygen atoms in total. The van der Waals surface area contributed by atoms with Gasteiger partial charge in [0.15, 0.2) is 0 Å². The largest absolute Gasteiger partial charge is 0.497 e. The number of hydrogen-bond acceptors (Lipinski definition) is 5. The molecule has 1 aliphatic carbocycles. The Kier molecular flexibility index (Phi) is 4.62. The third-order valence-electron chi connectivity index (χ3n) is 6.02. The number of likely N-dealkylation sites (tertiary alicyclic amines) is 1. The molecule has 6 heteroatoms. The fourth-order valence-corrected chi connectivity index (χ4v) is 4.09. The Balaban J connectivity index is 1.21. The Bertz CT molecular complexity index is 913. The van der Waals surface area contributed by atoms with Crippen LogP contribution in [-0.2, 0) is 4.79 Å². The molecule has 2 heterocycles. The van der Waals surface area contributed by atoms with E-state index in [-0.39, 0.29) is 0 Å². The molecule has 0 spiro atoms. The molecule has 3 aliphatic rings. The SMILES string of the molecule is COc1ccc(-c2ccc(N3CNN=C3CC3CN(C(=O)C4CC4)C3)cc2)cc1. The van der Waals surface area contributed by atoms with E-state index in [1.54, 1.807) is 7.11 Å². The number of nitrogens with one attached hydrogen (secondary N) is 1. The minimum atomic E-state index is 0.321. The van der Waals surface area contributed by atoms with Crippen molar-refractivity contribution in [2.45, 2.75) is 19.3 Å². The van der Waals surface area contributed by atoms with Crippen molar-refractivity contribution in [2.75, 3.05) is 31.8 Å². The first-order valence-electron chi connectivity index (χ1n) is 10.3. The molecule has 1 saturated carbocycles. The summed E-state index contributed by atoms with van der Waals surface area (Å²) in [5, 5.41) is 4.51. The van der Waals surface area contributed by atoms with E-state index in [0.29, 0.717) is 24.4 Å². The van der Waals surface area contributed by atoms with E-state index in [9.17, 15) is 4.79 Å². The number of rotatable bonds is 6. The highest BCUT2D eigenvalue weighted by molar-refractivity contribution is 5.99. The van der Waals surface area contributed by atoms with E-state index >= 15 is 0 Å². The van der Waals surface area contributed by atoms with Crippen LogP contribution in [0.25, 0.3) is 11.1 Å². The Morgan fingerprint density at radius 1 is 1.07 bits per heavy atom. The van der Waals surface area contributed by atoms with Crippen LogP contribution in [0.1, 0.15) is 19.3 Å². The summed E-state index contributed by atoms with van der Waals surface area (Å²) < 4.78 is 5.23. The van der Waals surface area contributed by atoms with Gasteiger partial charge < -0.3 is 14.5 Å². The van der Waals surface area contributed by atoms with Gasteiger partial charge in [0.1, 0.15) is 18.3 Å². The molecule has 29 heavy (non-hydrogen) atoms. The van der Waals surface area contributed by atoms with Gasteiger partial charge in [-0.25, -0.2) is 0 Å². The summed E-state index contributed by atoms with van der Waals surface area (Å²) in [6.07, 6.45) is 3.07. The van der Waals surface area contributed by atoms with Crippen LogP contribution in [0.5, 0.6) is 5.75 Å². The number of benzene rings is 2. The van der Waals surface area contributed by atoms with Crippen molar-refractivity contribution in [1.82, 2.24) is 10.3 Å². The number of methoxy groups -OCH3 is 1. The monoisotopic (exact) mass is 390 g/mol. The number of carbonyl (C=O) groups is 1. The van der Waals surface area contributed by atoms with Gasteiger partial charge in [-0.3, -0.25) is 10.2 Å². The summed E-state index contributed by atoms with van der Waals surface area (Å²) in [7, 11) is 1.68. The number of hydrogen-bond donors (Lipinski definition) is 1. The van der Waals surface area contributed by atoms with Crippen LogP contribution in [0, 0.1) is 11.8 Å². The number of amidine groups is 1. The van der Waals surface area contributed by atoms with Gasteiger partial charge in [-0.05, 0) is 48.2 Å². The molecule has 2 aromatic carbocycles. The predicted molar refractivity (Wildman–Crippen MR) is 114 cm³/mol. The smallest absolute Gasteiger partial charge is 0.225 e. The minimum Gasteiger partial charge on any atom is -0.497 e.